The zero-order chi connectivity index (χ0) is 15.3. The van der Waals surface area contributed by atoms with Gasteiger partial charge in [-0.05, 0) is 36.9 Å². The minimum Gasteiger partial charge on any atom is -0.497 e. The fourth-order valence-electron chi connectivity index (χ4n) is 3.02. The van der Waals surface area contributed by atoms with Crippen molar-refractivity contribution in [3.8, 4) is 5.75 Å². The standard InChI is InChI=1S/C16H23FN2O2/c1-21-12-5-6-13(17)14(9-12)19-15(20)10-16(11-18)7-3-2-4-8-16/h5-6,9H,2-4,7-8,10-11,18H2,1H3,(H,19,20). The first-order valence-corrected chi connectivity index (χ1v) is 7.42. The van der Waals surface area contributed by atoms with Gasteiger partial charge in [0.15, 0.2) is 0 Å². The van der Waals surface area contributed by atoms with Gasteiger partial charge in [-0.3, -0.25) is 4.79 Å². The summed E-state index contributed by atoms with van der Waals surface area (Å²) in [6, 6.07) is 4.30. The summed E-state index contributed by atoms with van der Waals surface area (Å²) in [5, 5.41) is 2.64. The molecule has 1 amide bonds. The third-order valence-electron chi connectivity index (χ3n) is 4.33. The van der Waals surface area contributed by atoms with E-state index in [0.717, 1.165) is 25.7 Å². The third-order valence-corrected chi connectivity index (χ3v) is 4.33. The molecule has 0 atom stereocenters. The summed E-state index contributed by atoms with van der Waals surface area (Å²) in [6.07, 6.45) is 5.71. The summed E-state index contributed by atoms with van der Waals surface area (Å²) < 4.78 is 18.8. The minimum atomic E-state index is -0.463. The van der Waals surface area contributed by atoms with Crippen molar-refractivity contribution in [2.45, 2.75) is 38.5 Å². The number of carbonyl (C=O) groups is 1. The van der Waals surface area contributed by atoms with Gasteiger partial charge in [0.25, 0.3) is 0 Å². The number of methoxy groups -OCH3 is 1. The molecule has 0 aromatic heterocycles. The second-order valence-corrected chi connectivity index (χ2v) is 5.84. The van der Waals surface area contributed by atoms with Crippen LogP contribution >= 0.6 is 0 Å². The lowest BCUT2D eigenvalue weighted by atomic mass is 9.71. The first kappa shape index (κ1) is 15.8. The molecule has 0 spiro atoms. The molecule has 0 bridgehead atoms. The van der Waals surface area contributed by atoms with Crippen LogP contribution in [0.25, 0.3) is 0 Å². The number of hydrogen-bond acceptors (Lipinski definition) is 3. The predicted octanol–water partition coefficient (Wildman–Crippen LogP) is 3.07. The van der Waals surface area contributed by atoms with E-state index in [1.807, 2.05) is 0 Å². The average Bonchev–Trinajstić information content (AvgIpc) is 2.50. The van der Waals surface area contributed by atoms with Gasteiger partial charge in [0.05, 0.1) is 12.8 Å². The first-order chi connectivity index (χ1) is 10.1. The highest BCUT2D eigenvalue weighted by Crippen LogP contribution is 2.38. The van der Waals surface area contributed by atoms with Crippen molar-refractivity contribution in [1.29, 1.82) is 0 Å². The van der Waals surface area contributed by atoms with Crippen LogP contribution in [0.2, 0.25) is 0 Å². The Balaban J connectivity index is 2.04. The van der Waals surface area contributed by atoms with Crippen molar-refractivity contribution >= 4 is 11.6 Å². The summed E-state index contributed by atoms with van der Waals surface area (Å²) in [5.74, 6) is -0.137. The number of amides is 1. The highest BCUT2D eigenvalue weighted by Gasteiger charge is 2.33. The number of ether oxygens (including phenoxy) is 1. The Morgan fingerprint density at radius 1 is 1.38 bits per heavy atom. The second kappa shape index (κ2) is 6.89. The maximum Gasteiger partial charge on any atom is 0.225 e. The Kier molecular flexibility index (Phi) is 5.17. The van der Waals surface area contributed by atoms with Crippen molar-refractivity contribution in [2.75, 3.05) is 19.0 Å². The lowest BCUT2D eigenvalue weighted by Crippen LogP contribution is -2.36. The molecule has 3 N–H and O–H groups in total. The molecule has 5 heteroatoms. The number of halogens is 1. The zero-order valence-electron chi connectivity index (χ0n) is 12.5. The SMILES string of the molecule is COc1ccc(F)c(NC(=O)CC2(CN)CCCCC2)c1. The van der Waals surface area contributed by atoms with Crippen LogP contribution in [-0.4, -0.2) is 19.6 Å². The van der Waals surface area contributed by atoms with Crippen molar-refractivity contribution in [3.63, 3.8) is 0 Å². The van der Waals surface area contributed by atoms with E-state index >= 15 is 0 Å². The minimum absolute atomic E-state index is 0.127. The molecule has 1 aliphatic rings. The van der Waals surface area contributed by atoms with Crippen LogP contribution in [0.5, 0.6) is 5.75 Å². The van der Waals surface area contributed by atoms with E-state index in [4.69, 9.17) is 10.5 Å². The summed E-state index contributed by atoms with van der Waals surface area (Å²) >= 11 is 0. The number of nitrogens with one attached hydrogen (secondary N) is 1. The monoisotopic (exact) mass is 294 g/mol. The van der Waals surface area contributed by atoms with Gasteiger partial charge in [-0.2, -0.15) is 0 Å². The maximum atomic E-state index is 13.7. The van der Waals surface area contributed by atoms with Crippen LogP contribution in [0.15, 0.2) is 18.2 Å². The maximum absolute atomic E-state index is 13.7. The van der Waals surface area contributed by atoms with Gasteiger partial charge < -0.3 is 15.8 Å². The zero-order valence-corrected chi connectivity index (χ0v) is 12.5. The van der Waals surface area contributed by atoms with Gasteiger partial charge in [-0.1, -0.05) is 19.3 Å². The summed E-state index contributed by atoms with van der Waals surface area (Å²) in [7, 11) is 1.50. The van der Waals surface area contributed by atoms with E-state index in [1.165, 1.54) is 31.7 Å². The fraction of sp³-hybridized carbons (Fsp3) is 0.562. The second-order valence-electron chi connectivity index (χ2n) is 5.84. The number of benzene rings is 1. The average molecular weight is 294 g/mol. The smallest absolute Gasteiger partial charge is 0.225 e. The molecule has 0 heterocycles. The van der Waals surface area contributed by atoms with Crippen molar-refractivity contribution in [3.05, 3.63) is 24.0 Å². The van der Waals surface area contributed by atoms with E-state index < -0.39 is 5.82 Å². The molecule has 116 valence electrons. The molecule has 0 aliphatic heterocycles. The number of carbonyl (C=O) groups excluding carboxylic acids is 1. The molecule has 2 rings (SSSR count). The van der Waals surface area contributed by atoms with Crippen LogP contribution in [0, 0.1) is 11.2 Å². The fourth-order valence-corrected chi connectivity index (χ4v) is 3.02. The molecule has 1 aromatic carbocycles. The van der Waals surface area contributed by atoms with Crippen LogP contribution in [0.1, 0.15) is 38.5 Å². The quantitative estimate of drug-likeness (QED) is 0.877. The normalized spacial score (nSPS) is 17.3. The molecule has 1 fully saturated rings. The molecule has 4 nitrogen and oxygen atoms in total. The summed E-state index contributed by atoms with van der Waals surface area (Å²) in [5.41, 5.74) is 5.91. The molecule has 21 heavy (non-hydrogen) atoms. The number of hydrogen-bond donors (Lipinski definition) is 2. The molecule has 1 aliphatic carbocycles. The van der Waals surface area contributed by atoms with Gasteiger partial charge in [-0.25, -0.2) is 4.39 Å². The van der Waals surface area contributed by atoms with E-state index in [0.29, 0.717) is 18.7 Å². The lowest BCUT2D eigenvalue weighted by molar-refractivity contribution is -0.118. The molecule has 1 saturated carbocycles. The van der Waals surface area contributed by atoms with Crippen LogP contribution in [0.4, 0.5) is 10.1 Å². The summed E-state index contributed by atoms with van der Waals surface area (Å²) in [6.45, 7) is 0.501. The number of nitrogens with two attached hydrogens (primary N) is 1. The van der Waals surface area contributed by atoms with Gasteiger partial charge >= 0.3 is 0 Å². The van der Waals surface area contributed by atoms with Gasteiger partial charge in [0, 0.05) is 12.5 Å². The Bertz CT molecular complexity index is 499. The highest BCUT2D eigenvalue weighted by molar-refractivity contribution is 5.91. The Morgan fingerprint density at radius 3 is 2.71 bits per heavy atom. The van der Waals surface area contributed by atoms with E-state index in [2.05, 4.69) is 5.32 Å². The van der Waals surface area contributed by atoms with E-state index in [1.54, 1.807) is 0 Å². The van der Waals surface area contributed by atoms with Crippen LogP contribution in [-0.2, 0) is 4.79 Å². The first-order valence-electron chi connectivity index (χ1n) is 7.42. The van der Waals surface area contributed by atoms with Crippen molar-refractivity contribution < 1.29 is 13.9 Å². The van der Waals surface area contributed by atoms with Gasteiger partial charge in [0.1, 0.15) is 11.6 Å². The topological polar surface area (TPSA) is 64.3 Å². The summed E-state index contributed by atoms with van der Waals surface area (Å²) in [4.78, 5) is 12.2. The molecular formula is C16H23FN2O2. The highest BCUT2D eigenvalue weighted by atomic mass is 19.1. The van der Waals surface area contributed by atoms with Crippen LogP contribution < -0.4 is 15.8 Å². The Labute approximate surface area is 124 Å². The molecule has 1 aromatic rings. The van der Waals surface area contributed by atoms with Gasteiger partial charge in [-0.15, -0.1) is 0 Å². The van der Waals surface area contributed by atoms with Gasteiger partial charge in [0.2, 0.25) is 5.91 Å². The lowest BCUT2D eigenvalue weighted by Gasteiger charge is -2.35. The number of anilines is 1. The molecule has 0 unspecified atom stereocenters. The van der Waals surface area contributed by atoms with E-state index in [-0.39, 0.29) is 17.0 Å². The third kappa shape index (κ3) is 3.94. The molecular weight excluding hydrogens is 271 g/mol. The Morgan fingerprint density at radius 2 is 2.10 bits per heavy atom. The largest absolute Gasteiger partial charge is 0.497 e. The number of rotatable bonds is 5. The molecule has 0 radical (unpaired) electrons. The van der Waals surface area contributed by atoms with Crippen LogP contribution in [0.3, 0.4) is 0 Å². The Hall–Kier alpha value is -1.62. The molecule has 0 saturated heterocycles. The van der Waals surface area contributed by atoms with Crippen molar-refractivity contribution in [1.82, 2.24) is 0 Å². The predicted molar refractivity (Wildman–Crippen MR) is 80.8 cm³/mol. The van der Waals surface area contributed by atoms with E-state index in [9.17, 15) is 9.18 Å². The van der Waals surface area contributed by atoms with Crippen molar-refractivity contribution in [2.24, 2.45) is 11.1 Å².